The number of hydrogen-bond acceptors (Lipinski definition) is 9. The van der Waals surface area contributed by atoms with Crippen molar-refractivity contribution in [2.45, 2.75) is 0 Å². The lowest BCUT2D eigenvalue weighted by atomic mass is 10.3. The summed E-state index contributed by atoms with van der Waals surface area (Å²) >= 11 is 0. The minimum absolute atomic E-state index is 0.218. The number of nitrogens with zero attached hydrogens (tertiary/aromatic N) is 9. The van der Waals surface area contributed by atoms with Crippen LogP contribution in [0.1, 0.15) is 0 Å². The van der Waals surface area contributed by atoms with Crippen molar-refractivity contribution in [1.29, 1.82) is 0 Å². The summed E-state index contributed by atoms with van der Waals surface area (Å²) in [6, 6.07) is 8.09. The largest absolute Gasteiger partial charge is 0.395 e. The molecule has 0 atom stereocenters. The van der Waals surface area contributed by atoms with E-state index in [0.29, 0.717) is 0 Å². The molecule has 0 bridgehead atoms. The molecular formula is C20H27N9O. The normalized spacial score (nSPS) is 18.4. The second-order valence-electron chi connectivity index (χ2n) is 7.70. The minimum atomic E-state index is 0.218. The van der Waals surface area contributed by atoms with E-state index in [0.717, 1.165) is 82.0 Å². The summed E-state index contributed by atoms with van der Waals surface area (Å²) < 4.78 is 1.78. The van der Waals surface area contributed by atoms with Crippen LogP contribution in [0.4, 0.5) is 17.5 Å². The number of piperazine rings is 2. The van der Waals surface area contributed by atoms with E-state index < -0.39 is 0 Å². The van der Waals surface area contributed by atoms with Crippen LogP contribution in [0.3, 0.4) is 0 Å². The van der Waals surface area contributed by atoms with E-state index in [1.165, 1.54) is 0 Å². The molecule has 0 unspecified atom stereocenters. The third-order valence-electron chi connectivity index (χ3n) is 5.92. The summed E-state index contributed by atoms with van der Waals surface area (Å²) in [6.45, 7) is 8.27. The third-order valence-corrected chi connectivity index (χ3v) is 5.92. The van der Waals surface area contributed by atoms with Crippen LogP contribution in [-0.2, 0) is 0 Å². The van der Waals surface area contributed by atoms with Gasteiger partial charge in [-0.2, -0.15) is 5.10 Å². The molecule has 0 aromatic carbocycles. The summed E-state index contributed by atoms with van der Waals surface area (Å²) in [5, 5.41) is 22.3. The predicted octanol–water partition coefficient (Wildman–Crippen LogP) is -0.0398. The van der Waals surface area contributed by atoms with E-state index in [9.17, 15) is 0 Å². The van der Waals surface area contributed by atoms with Gasteiger partial charge in [0.1, 0.15) is 5.82 Å². The number of fused-ring (bicyclic) bond motifs is 1. The van der Waals surface area contributed by atoms with Gasteiger partial charge < -0.3 is 19.8 Å². The second kappa shape index (κ2) is 8.41. The average molecular weight is 409 g/mol. The molecule has 5 heterocycles. The highest BCUT2D eigenvalue weighted by molar-refractivity contribution is 5.50. The zero-order chi connectivity index (χ0) is 20.3. The van der Waals surface area contributed by atoms with Crippen LogP contribution in [0.25, 0.3) is 5.65 Å². The van der Waals surface area contributed by atoms with Gasteiger partial charge in [-0.15, -0.1) is 10.2 Å². The van der Waals surface area contributed by atoms with Crippen LogP contribution in [0, 0.1) is 0 Å². The van der Waals surface area contributed by atoms with Gasteiger partial charge in [0.25, 0.3) is 0 Å². The molecule has 3 aromatic rings. The molecule has 30 heavy (non-hydrogen) atoms. The van der Waals surface area contributed by atoms with E-state index in [2.05, 4.69) is 47.0 Å². The number of anilines is 3. The first kappa shape index (κ1) is 19.0. The summed E-state index contributed by atoms with van der Waals surface area (Å²) in [4.78, 5) is 13.8. The maximum Gasteiger partial charge on any atom is 0.157 e. The van der Waals surface area contributed by atoms with Crippen molar-refractivity contribution in [3.05, 3.63) is 36.7 Å². The van der Waals surface area contributed by atoms with Gasteiger partial charge in [-0.3, -0.25) is 4.90 Å². The van der Waals surface area contributed by atoms with Crippen LogP contribution in [-0.4, -0.2) is 100 Å². The molecule has 2 aliphatic heterocycles. The van der Waals surface area contributed by atoms with Crippen molar-refractivity contribution in [2.24, 2.45) is 0 Å². The molecule has 0 spiro atoms. The van der Waals surface area contributed by atoms with Gasteiger partial charge in [0.2, 0.25) is 0 Å². The summed E-state index contributed by atoms with van der Waals surface area (Å²) in [6.07, 6.45) is 3.72. The first-order chi connectivity index (χ1) is 14.8. The van der Waals surface area contributed by atoms with Gasteiger partial charge in [-0.25, -0.2) is 9.50 Å². The highest BCUT2D eigenvalue weighted by Crippen LogP contribution is 2.20. The van der Waals surface area contributed by atoms with Gasteiger partial charge in [0, 0.05) is 71.2 Å². The SMILES string of the molecule is OCCN1CCN(c2ccc(N3CCN(c4ccn5nccc5n4)CC3)nn2)CC1. The maximum atomic E-state index is 9.08. The standard InChI is InChI=1S/C20H27N9O/c30-16-15-25-7-9-27(10-8-25)19-1-2-20(24-23-19)28-13-11-26(12-14-28)17-4-6-29-18(22-17)3-5-21-29/h1-6,30H,7-16H2. The molecule has 0 aliphatic carbocycles. The van der Waals surface area contributed by atoms with Crippen LogP contribution < -0.4 is 14.7 Å². The Kier molecular flexibility index (Phi) is 5.33. The van der Waals surface area contributed by atoms with E-state index in [1.54, 1.807) is 10.7 Å². The van der Waals surface area contributed by atoms with Crippen LogP contribution in [0.2, 0.25) is 0 Å². The number of hydrogen-bond donors (Lipinski definition) is 1. The molecule has 2 aliphatic rings. The van der Waals surface area contributed by atoms with Crippen molar-refractivity contribution in [1.82, 2.24) is 29.7 Å². The number of aromatic nitrogens is 5. The molecule has 0 saturated carbocycles. The molecule has 10 nitrogen and oxygen atoms in total. The second-order valence-corrected chi connectivity index (χ2v) is 7.70. The number of β-amino-alcohol motifs (C(OH)–C–C–N with tert-alkyl or cyclic N) is 1. The van der Waals surface area contributed by atoms with E-state index >= 15 is 0 Å². The summed E-state index contributed by atoms with van der Waals surface area (Å²) in [5.41, 5.74) is 0.869. The molecule has 3 aromatic heterocycles. The Morgan fingerprint density at radius 2 is 1.33 bits per heavy atom. The number of aliphatic hydroxyl groups is 1. The molecule has 0 amide bonds. The van der Waals surface area contributed by atoms with E-state index in [1.807, 2.05) is 18.3 Å². The third kappa shape index (κ3) is 3.88. The molecule has 2 fully saturated rings. The fourth-order valence-electron chi connectivity index (χ4n) is 4.14. The Morgan fingerprint density at radius 3 is 1.93 bits per heavy atom. The Balaban J connectivity index is 1.17. The van der Waals surface area contributed by atoms with Crippen molar-refractivity contribution in [3.8, 4) is 0 Å². The number of rotatable bonds is 5. The van der Waals surface area contributed by atoms with Gasteiger partial charge in [0.05, 0.1) is 12.8 Å². The lowest BCUT2D eigenvalue weighted by Gasteiger charge is -2.36. The van der Waals surface area contributed by atoms with Crippen molar-refractivity contribution < 1.29 is 5.11 Å². The van der Waals surface area contributed by atoms with Gasteiger partial charge in [0.15, 0.2) is 17.3 Å². The molecule has 10 heteroatoms. The van der Waals surface area contributed by atoms with Crippen LogP contribution in [0.15, 0.2) is 36.7 Å². The van der Waals surface area contributed by atoms with Crippen LogP contribution >= 0.6 is 0 Å². The Bertz CT molecular complexity index is 960. The lowest BCUT2D eigenvalue weighted by Crippen LogP contribution is -2.48. The van der Waals surface area contributed by atoms with Gasteiger partial charge in [-0.05, 0) is 18.2 Å². The fraction of sp³-hybridized carbons (Fsp3) is 0.500. The average Bonchev–Trinajstić information content (AvgIpc) is 3.28. The Morgan fingerprint density at radius 1 is 0.733 bits per heavy atom. The molecular weight excluding hydrogens is 382 g/mol. The fourth-order valence-corrected chi connectivity index (χ4v) is 4.14. The van der Waals surface area contributed by atoms with E-state index in [-0.39, 0.29) is 6.61 Å². The monoisotopic (exact) mass is 409 g/mol. The molecule has 5 rings (SSSR count). The summed E-state index contributed by atoms with van der Waals surface area (Å²) in [5.74, 6) is 2.85. The maximum absolute atomic E-state index is 9.08. The zero-order valence-electron chi connectivity index (χ0n) is 17.0. The Labute approximate surface area is 175 Å². The smallest absolute Gasteiger partial charge is 0.157 e. The number of aliphatic hydroxyl groups excluding tert-OH is 1. The first-order valence-electron chi connectivity index (χ1n) is 10.5. The molecule has 1 N–H and O–H groups in total. The Hall–Kier alpha value is -2.98. The predicted molar refractivity (Wildman–Crippen MR) is 115 cm³/mol. The molecule has 158 valence electrons. The molecule has 2 saturated heterocycles. The van der Waals surface area contributed by atoms with E-state index in [4.69, 9.17) is 10.1 Å². The molecule has 0 radical (unpaired) electrons. The van der Waals surface area contributed by atoms with Gasteiger partial charge >= 0.3 is 0 Å². The first-order valence-corrected chi connectivity index (χ1v) is 10.5. The quantitative estimate of drug-likeness (QED) is 0.623. The highest BCUT2D eigenvalue weighted by atomic mass is 16.3. The zero-order valence-corrected chi connectivity index (χ0v) is 17.0. The van der Waals surface area contributed by atoms with Crippen LogP contribution in [0.5, 0.6) is 0 Å². The minimum Gasteiger partial charge on any atom is -0.395 e. The van der Waals surface area contributed by atoms with Crippen molar-refractivity contribution in [2.75, 3.05) is 80.2 Å². The van der Waals surface area contributed by atoms with Crippen molar-refractivity contribution in [3.63, 3.8) is 0 Å². The van der Waals surface area contributed by atoms with Crippen molar-refractivity contribution >= 4 is 23.1 Å². The van der Waals surface area contributed by atoms with Gasteiger partial charge in [-0.1, -0.05) is 0 Å². The highest BCUT2D eigenvalue weighted by Gasteiger charge is 2.21. The summed E-state index contributed by atoms with van der Waals surface area (Å²) in [7, 11) is 0. The topological polar surface area (TPSA) is 89.2 Å². The lowest BCUT2D eigenvalue weighted by molar-refractivity contribution is 0.188.